The summed E-state index contributed by atoms with van der Waals surface area (Å²) in [6, 6.07) is 1.84. The van der Waals surface area contributed by atoms with Gasteiger partial charge in [0.1, 0.15) is 0 Å². The van der Waals surface area contributed by atoms with E-state index in [2.05, 4.69) is 6.92 Å². The molecule has 0 atom stereocenters. The van der Waals surface area contributed by atoms with Crippen LogP contribution in [0.1, 0.15) is 43.9 Å². The van der Waals surface area contributed by atoms with Gasteiger partial charge < -0.3 is 9.67 Å². The average Bonchev–Trinajstić information content (AvgIpc) is 2.75. The van der Waals surface area contributed by atoms with Gasteiger partial charge in [0, 0.05) is 31.4 Å². The largest absolute Gasteiger partial charge is 0.478 e. The molecule has 4 nitrogen and oxygen atoms in total. The molecule has 0 spiro atoms. The summed E-state index contributed by atoms with van der Waals surface area (Å²) in [4.78, 5) is 22.1. The highest BCUT2D eigenvalue weighted by Gasteiger charge is 2.00. The van der Waals surface area contributed by atoms with Crippen molar-refractivity contribution in [2.45, 2.75) is 32.6 Å². The molecule has 0 aliphatic carbocycles. The summed E-state index contributed by atoms with van der Waals surface area (Å²) >= 11 is 0. The van der Waals surface area contributed by atoms with Gasteiger partial charge in [0.05, 0.1) is 0 Å². The van der Waals surface area contributed by atoms with Crippen LogP contribution in [-0.4, -0.2) is 21.4 Å². The Hall–Kier alpha value is -2.10. The molecular weight excluding hydrogens is 254 g/mol. The molecule has 0 fully saturated rings. The van der Waals surface area contributed by atoms with Gasteiger partial charge in [-0.05, 0) is 36.3 Å². The average molecular weight is 275 g/mol. The van der Waals surface area contributed by atoms with Crippen molar-refractivity contribution in [3.05, 3.63) is 35.7 Å². The van der Waals surface area contributed by atoms with E-state index in [1.54, 1.807) is 12.2 Å². The van der Waals surface area contributed by atoms with Crippen molar-refractivity contribution in [1.29, 1.82) is 0 Å². The second kappa shape index (κ2) is 8.15. The van der Waals surface area contributed by atoms with Crippen molar-refractivity contribution >= 4 is 23.9 Å². The lowest BCUT2D eigenvalue weighted by Crippen LogP contribution is -1.91. The molecule has 0 aliphatic rings. The number of unbranched alkanes of at least 4 members (excludes halogenated alkanes) is 2. The Morgan fingerprint density at radius 3 is 2.65 bits per heavy atom. The van der Waals surface area contributed by atoms with E-state index in [0.29, 0.717) is 6.42 Å². The first-order valence-corrected chi connectivity index (χ1v) is 6.81. The monoisotopic (exact) mass is 275 g/mol. The molecule has 0 bridgehead atoms. The zero-order valence-electron chi connectivity index (χ0n) is 12.0. The van der Waals surface area contributed by atoms with E-state index in [0.717, 1.165) is 36.6 Å². The summed E-state index contributed by atoms with van der Waals surface area (Å²) in [5.74, 6) is -0.848. The van der Waals surface area contributed by atoms with Gasteiger partial charge in [-0.25, -0.2) is 4.79 Å². The number of hydrogen-bond acceptors (Lipinski definition) is 2. The van der Waals surface area contributed by atoms with Crippen LogP contribution in [-0.2, 0) is 16.6 Å². The molecule has 0 amide bonds. The smallest absolute Gasteiger partial charge is 0.328 e. The minimum atomic E-state index is -0.977. The number of rotatable bonds is 8. The number of carbonyl (C=O) groups is 2. The summed E-state index contributed by atoms with van der Waals surface area (Å²) in [6.45, 7) is 2.11. The maximum atomic E-state index is 11.6. The number of aromatic nitrogens is 1. The van der Waals surface area contributed by atoms with Crippen LogP contribution < -0.4 is 0 Å². The summed E-state index contributed by atoms with van der Waals surface area (Å²) in [6.07, 6.45) is 11.6. The first kappa shape index (κ1) is 16.0. The molecule has 20 heavy (non-hydrogen) atoms. The second-order valence-corrected chi connectivity index (χ2v) is 4.74. The molecule has 0 radical (unpaired) electrons. The van der Waals surface area contributed by atoms with Gasteiger partial charge >= 0.3 is 5.97 Å². The summed E-state index contributed by atoms with van der Waals surface area (Å²) in [5, 5.41) is 8.60. The normalized spacial score (nSPS) is 11.5. The minimum Gasteiger partial charge on any atom is -0.478 e. The number of nitrogens with zero attached hydrogens (tertiary/aromatic N) is 1. The van der Waals surface area contributed by atoms with Crippen LogP contribution in [0.25, 0.3) is 12.2 Å². The third kappa shape index (κ3) is 5.69. The quantitative estimate of drug-likeness (QED) is 0.585. The number of carboxylic acid groups (broad SMARTS) is 1. The molecule has 0 aliphatic heterocycles. The van der Waals surface area contributed by atoms with Gasteiger partial charge in [0.25, 0.3) is 0 Å². The fourth-order valence-corrected chi connectivity index (χ4v) is 1.84. The molecule has 1 heterocycles. The van der Waals surface area contributed by atoms with Gasteiger partial charge in [0.2, 0.25) is 0 Å². The van der Waals surface area contributed by atoms with Crippen LogP contribution in [0, 0.1) is 0 Å². The van der Waals surface area contributed by atoms with Gasteiger partial charge in [-0.1, -0.05) is 19.8 Å². The lowest BCUT2D eigenvalue weighted by atomic mass is 10.1. The fraction of sp³-hybridized carbons (Fsp3) is 0.375. The van der Waals surface area contributed by atoms with E-state index in [1.807, 2.05) is 23.9 Å². The Balaban J connectivity index is 2.62. The van der Waals surface area contributed by atoms with Crippen molar-refractivity contribution in [2.75, 3.05) is 0 Å². The number of allylic oxidation sites excluding steroid dienone is 1. The topological polar surface area (TPSA) is 59.3 Å². The van der Waals surface area contributed by atoms with Crippen molar-refractivity contribution in [1.82, 2.24) is 4.57 Å². The Morgan fingerprint density at radius 1 is 1.25 bits per heavy atom. The number of aryl methyl sites for hydroxylation is 1. The third-order valence-electron chi connectivity index (χ3n) is 2.95. The lowest BCUT2D eigenvalue weighted by Gasteiger charge is -1.93. The second-order valence-electron chi connectivity index (χ2n) is 4.74. The van der Waals surface area contributed by atoms with E-state index in [-0.39, 0.29) is 5.78 Å². The summed E-state index contributed by atoms with van der Waals surface area (Å²) in [7, 11) is 1.84. The molecule has 0 aromatic carbocycles. The molecular formula is C16H21NO3. The predicted octanol–water partition coefficient (Wildman–Crippen LogP) is 3.29. The number of hydrogen-bond donors (Lipinski definition) is 1. The minimum absolute atomic E-state index is 0.130. The highest BCUT2D eigenvalue weighted by molar-refractivity contribution is 5.93. The molecule has 1 aromatic rings. The highest BCUT2D eigenvalue weighted by atomic mass is 16.4. The molecule has 108 valence electrons. The molecule has 1 N–H and O–H groups in total. The fourth-order valence-electron chi connectivity index (χ4n) is 1.84. The van der Waals surface area contributed by atoms with Crippen molar-refractivity contribution < 1.29 is 14.7 Å². The lowest BCUT2D eigenvalue weighted by molar-refractivity contribution is -0.131. The van der Waals surface area contributed by atoms with E-state index in [1.165, 1.54) is 6.08 Å². The Kier molecular flexibility index (Phi) is 6.50. The number of carbonyl (C=O) groups excluding carboxylic acids is 1. The third-order valence-corrected chi connectivity index (χ3v) is 2.95. The summed E-state index contributed by atoms with van der Waals surface area (Å²) in [5.41, 5.74) is 1.67. The van der Waals surface area contributed by atoms with Crippen LogP contribution in [0.4, 0.5) is 0 Å². The van der Waals surface area contributed by atoms with Gasteiger partial charge in [0.15, 0.2) is 5.78 Å². The molecule has 0 saturated heterocycles. The van der Waals surface area contributed by atoms with E-state index < -0.39 is 5.97 Å². The van der Waals surface area contributed by atoms with Gasteiger partial charge in [-0.3, -0.25) is 4.79 Å². The van der Waals surface area contributed by atoms with Crippen LogP contribution in [0.3, 0.4) is 0 Å². The SMILES string of the molecule is CCCCCC(=O)C=Cc1cc(C=CC(=O)O)n(C)c1. The number of ketones is 1. The van der Waals surface area contributed by atoms with E-state index >= 15 is 0 Å². The predicted molar refractivity (Wildman–Crippen MR) is 80.3 cm³/mol. The van der Waals surface area contributed by atoms with Crippen LogP contribution in [0.5, 0.6) is 0 Å². The molecule has 0 unspecified atom stereocenters. The molecule has 1 aromatic heterocycles. The zero-order valence-corrected chi connectivity index (χ0v) is 12.0. The van der Waals surface area contributed by atoms with Gasteiger partial charge in [-0.15, -0.1) is 0 Å². The first-order chi connectivity index (χ1) is 9.52. The number of aliphatic carboxylic acids is 1. The first-order valence-electron chi connectivity index (χ1n) is 6.81. The van der Waals surface area contributed by atoms with Gasteiger partial charge in [-0.2, -0.15) is 0 Å². The van der Waals surface area contributed by atoms with Crippen molar-refractivity contribution in [3.63, 3.8) is 0 Å². The maximum Gasteiger partial charge on any atom is 0.328 e. The Morgan fingerprint density at radius 2 is 2.00 bits per heavy atom. The zero-order chi connectivity index (χ0) is 15.0. The Bertz CT molecular complexity index is 524. The van der Waals surface area contributed by atoms with E-state index in [9.17, 15) is 9.59 Å². The van der Waals surface area contributed by atoms with E-state index in [4.69, 9.17) is 5.11 Å². The summed E-state index contributed by atoms with van der Waals surface area (Å²) < 4.78 is 1.82. The Labute approximate surface area is 119 Å². The van der Waals surface area contributed by atoms with Crippen LogP contribution in [0.15, 0.2) is 24.4 Å². The maximum absolute atomic E-state index is 11.6. The standard InChI is InChI=1S/C16H21NO3/c1-3-4-5-6-15(18)9-7-13-11-14(17(2)12-13)8-10-16(19)20/h7-12H,3-6H2,1-2H3,(H,19,20). The van der Waals surface area contributed by atoms with Crippen LogP contribution >= 0.6 is 0 Å². The molecule has 0 saturated carbocycles. The highest BCUT2D eigenvalue weighted by Crippen LogP contribution is 2.11. The molecule has 4 heteroatoms. The van der Waals surface area contributed by atoms with Crippen LogP contribution in [0.2, 0.25) is 0 Å². The van der Waals surface area contributed by atoms with Crippen molar-refractivity contribution in [3.8, 4) is 0 Å². The van der Waals surface area contributed by atoms with Crippen molar-refractivity contribution in [2.24, 2.45) is 7.05 Å². The molecule has 1 rings (SSSR count). The number of carboxylic acids is 1.